The van der Waals surface area contributed by atoms with E-state index in [1.807, 2.05) is 27.7 Å². The molecule has 17 heavy (non-hydrogen) atoms. The summed E-state index contributed by atoms with van der Waals surface area (Å²) < 4.78 is 5.21. The molecule has 0 heterocycles. The lowest BCUT2D eigenvalue weighted by molar-refractivity contribution is -0.155. The van der Waals surface area contributed by atoms with E-state index in [9.17, 15) is 9.59 Å². The Kier molecular flexibility index (Phi) is 7.04. The summed E-state index contributed by atoms with van der Waals surface area (Å²) in [5, 5.41) is 8.55. The summed E-state index contributed by atoms with van der Waals surface area (Å²) in [6.07, 6.45) is 2.27. The third-order valence-corrected chi connectivity index (χ3v) is 2.26. The second-order valence-electron chi connectivity index (χ2n) is 5.48. The van der Waals surface area contributed by atoms with E-state index in [1.165, 1.54) is 0 Å². The summed E-state index contributed by atoms with van der Waals surface area (Å²) in [7, 11) is 0. The molecule has 0 saturated carbocycles. The van der Waals surface area contributed by atoms with E-state index >= 15 is 0 Å². The van der Waals surface area contributed by atoms with Crippen molar-refractivity contribution in [1.82, 2.24) is 0 Å². The normalized spacial score (nSPS) is 13.2. The van der Waals surface area contributed by atoms with Crippen LogP contribution in [0.3, 0.4) is 0 Å². The van der Waals surface area contributed by atoms with Crippen molar-refractivity contribution >= 4 is 11.8 Å². The van der Waals surface area contributed by atoms with E-state index in [4.69, 9.17) is 9.84 Å². The second kappa shape index (κ2) is 7.43. The molecule has 0 radical (unpaired) electrons. The molecule has 0 amide bonds. The molecule has 0 aromatic rings. The quantitative estimate of drug-likeness (QED) is 0.696. The molecule has 1 atom stereocenters. The largest absolute Gasteiger partial charge is 0.460 e. The zero-order valence-corrected chi connectivity index (χ0v) is 11.3. The first-order valence-electron chi connectivity index (χ1n) is 6.09. The average molecular weight is 244 g/mol. The highest BCUT2D eigenvalue weighted by Crippen LogP contribution is 2.16. The van der Waals surface area contributed by atoms with Gasteiger partial charge in [-0.2, -0.15) is 0 Å². The minimum absolute atomic E-state index is 0.144. The van der Waals surface area contributed by atoms with Crippen molar-refractivity contribution in [3.8, 4) is 0 Å². The predicted octanol–water partition coefficient (Wildman–Crippen LogP) is 2.09. The van der Waals surface area contributed by atoms with E-state index in [0.29, 0.717) is 19.3 Å². The van der Waals surface area contributed by atoms with Gasteiger partial charge in [-0.05, 0) is 39.5 Å². The van der Waals surface area contributed by atoms with E-state index in [1.54, 1.807) is 0 Å². The van der Waals surface area contributed by atoms with Crippen LogP contribution < -0.4 is 0 Å². The first-order chi connectivity index (χ1) is 7.74. The first-order valence-corrected chi connectivity index (χ1v) is 6.09. The molecule has 1 N–H and O–H groups in total. The molecule has 100 valence electrons. The standard InChI is InChI=1S/C13H24O4/c1-10(6-5-7-11(15)9-14)8-12(16)17-13(2,3)4/h10,14H,5-9H2,1-4H3. The van der Waals surface area contributed by atoms with Gasteiger partial charge in [0.05, 0.1) is 0 Å². The number of rotatable bonds is 7. The van der Waals surface area contributed by atoms with E-state index in [2.05, 4.69) is 0 Å². The summed E-state index contributed by atoms with van der Waals surface area (Å²) in [5.74, 6) is -0.135. The van der Waals surface area contributed by atoms with E-state index in [-0.39, 0.29) is 24.3 Å². The third kappa shape index (κ3) is 10.00. The van der Waals surface area contributed by atoms with Crippen LogP contribution in [0.15, 0.2) is 0 Å². The van der Waals surface area contributed by atoms with Crippen LogP contribution in [0.4, 0.5) is 0 Å². The van der Waals surface area contributed by atoms with Crippen LogP contribution in [-0.4, -0.2) is 29.1 Å². The number of esters is 1. The van der Waals surface area contributed by atoms with Gasteiger partial charge in [0, 0.05) is 12.8 Å². The number of aliphatic hydroxyl groups is 1. The van der Waals surface area contributed by atoms with Crippen molar-refractivity contribution in [2.24, 2.45) is 5.92 Å². The lowest BCUT2D eigenvalue weighted by atomic mass is 9.99. The van der Waals surface area contributed by atoms with Crippen LogP contribution in [0.5, 0.6) is 0 Å². The highest BCUT2D eigenvalue weighted by molar-refractivity contribution is 5.79. The van der Waals surface area contributed by atoms with Crippen LogP contribution in [0.2, 0.25) is 0 Å². The van der Waals surface area contributed by atoms with Crippen LogP contribution in [0, 0.1) is 5.92 Å². The van der Waals surface area contributed by atoms with Gasteiger partial charge in [-0.3, -0.25) is 9.59 Å². The Morgan fingerprint density at radius 3 is 2.35 bits per heavy atom. The molecule has 0 fully saturated rings. The molecule has 0 aliphatic heterocycles. The molecule has 1 unspecified atom stereocenters. The molecular formula is C13H24O4. The van der Waals surface area contributed by atoms with Gasteiger partial charge in [-0.1, -0.05) is 6.92 Å². The molecular weight excluding hydrogens is 220 g/mol. The minimum atomic E-state index is -0.441. The van der Waals surface area contributed by atoms with Crippen molar-refractivity contribution in [3.05, 3.63) is 0 Å². The van der Waals surface area contributed by atoms with Gasteiger partial charge in [0.1, 0.15) is 12.2 Å². The smallest absolute Gasteiger partial charge is 0.306 e. The van der Waals surface area contributed by atoms with Gasteiger partial charge in [0.15, 0.2) is 5.78 Å². The topological polar surface area (TPSA) is 63.6 Å². The Bertz CT molecular complexity index is 253. The van der Waals surface area contributed by atoms with Crippen molar-refractivity contribution in [2.75, 3.05) is 6.61 Å². The van der Waals surface area contributed by atoms with Crippen LogP contribution >= 0.6 is 0 Å². The fraction of sp³-hybridized carbons (Fsp3) is 0.846. The van der Waals surface area contributed by atoms with Crippen molar-refractivity contribution in [3.63, 3.8) is 0 Å². The molecule has 4 heteroatoms. The fourth-order valence-electron chi connectivity index (χ4n) is 1.50. The predicted molar refractivity (Wildman–Crippen MR) is 65.6 cm³/mol. The maximum Gasteiger partial charge on any atom is 0.306 e. The van der Waals surface area contributed by atoms with Crippen LogP contribution in [0.25, 0.3) is 0 Å². The molecule has 0 saturated heterocycles. The van der Waals surface area contributed by atoms with Gasteiger partial charge in [0.2, 0.25) is 0 Å². The highest BCUT2D eigenvalue weighted by atomic mass is 16.6. The molecule has 0 aromatic heterocycles. The monoisotopic (exact) mass is 244 g/mol. The molecule has 0 aromatic carbocycles. The average Bonchev–Trinajstić information content (AvgIpc) is 2.13. The number of hydrogen-bond donors (Lipinski definition) is 1. The number of hydrogen-bond acceptors (Lipinski definition) is 4. The number of ether oxygens (including phenoxy) is 1. The summed E-state index contributed by atoms with van der Waals surface area (Å²) in [6.45, 7) is 7.11. The summed E-state index contributed by atoms with van der Waals surface area (Å²) in [6, 6.07) is 0. The number of aliphatic hydroxyl groups excluding tert-OH is 1. The highest BCUT2D eigenvalue weighted by Gasteiger charge is 2.18. The molecule has 0 bridgehead atoms. The molecule has 0 rings (SSSR count). The van der Waals surface area contributed by atoms with Crippen molar-refractivity contribution in [1.29, 1.82) is 0 Å². The van der Waals surface area contributed by atoms with Crippen molar-refractivity contribution < 1.29 is 19.4 Å². The Labute approximate surface area is 103 Å². The molecule has 0 spiro atoms. The first kappa shape index (κ1) is 16.1. The molecule has 4 nitrogen and oxygen atoms in total. The van der Waals surface area contributed by atoms with Crippen LogP contribution in [0.1, 0.15) is 53.4 Å². The lowest BCUT2D eigenvalue weighted by Gasteiger charge is -2.20. The minimum Gasteiger partial charge on any atom is -0.460 e. The van der Waals surface area contributed by atoms with Crippen LogP contribution in [-0.2, 0) is 14.3 Å². The number of Topliss-reactive ketones (excluding diaryl/α,β-unsaturated/α-hetero) is 1. The summed E-state index contributed by atoms with van der Waals surface area (Å²) in [5.41, 5.74) is -0.441. The lowest BCUT2D eigenvalue weighted by Crippen LogP contribution is -2.24. The van der Waals surface area contributed by atoms with E-state index in [0.717, 1.165) is 6.42 Å². The van der Waals surface area contributed by atoms with Gasteiger partial charge < -0.3 is 9.84 Å². The maximum atomic E-state index is 11.5. The van der Waals surface area contributed by atoms with Crippen molar-refractivity contribution in [2.45, 2.75) is 59.0 Å². The van der Waals surface area contributed by atoms with E-state index < -0.39 is 5.60 Å². The maximum absolute atomic E-state index is 11.5. The Morgan fingerprint density at radius 2 is 1.88 bits per heavy atom. The third-order valence-electron chi connectivity index (χ3n) is 2.26. The number of carbonyl (C=O) groups excluding carboxylic acids is 2. The second-order valence-corrected chi connectivity index (χ2v) is 5.48. The Hall–Kier alpha value is -0.900. The van der Waals surface area contributed by atoms with Gasteiger partial charge >= 0.3 is 5.97 Å². The van der Waals surface area contributed by atoms with Gasteiger partial charge in [-0.25, -0.2) is 0 Å². The fourth-order valence-corrected chi connectivity index (χ4v) is 1.50. The Balaban J connectivity index is 3.75. The molecule has 0 aliphatic rings. The summed E-state index contributed by atoms with van der Waals surface area (Å²) >= 11 is 0. The SMILES string of the molecule is CC(CCCC(=O)CO)CC(=O)OC(C)(C)C. The van der Waals surface area contributed by atoms with Gasteiger partial charge in [-0.15, -0.1) is 0 Å². The number of carbonyl (C=O) groups is 2. The van der Waals surface area contributed by atoms with Gasteiger partial charge in [0.25, 0.3) is 0 Å². The number of ketones is 1. The summed E-state index contributed by atoms with van der Waals surface area (Å²) in [4.78, 5) is 22.4. The Morgan fingerprint density at radius 1 is 1.29 bits per heavy atom. The zero-order valence-electron chi connectivity index (χ0n) is 11.3. The molecule has 0 aliphatic carbocycles. The zero-order chi connectivity index (χ0) is 13.5.